The van der Waals surface area contributed by atoms with Crippen molar-refractivity contribution in [2.45, 2.75) is 0 Å². The Hall–Kier alpha value is 0.120. The third kappa shape index (κ3) is 10.1. The molecule has 5 nitrogen and oxygen atoms in total. The zero-order valence-electron chi connectivity index (χ0n) is 4.98. The van der Waals surface area contributed by atoms with Gasteiger partial charge in [0.2, 0.25) is 5.94 Å². The molecule has 0 aliphatic carbocycles. The molecule has 0 aromatic heterocycles. The summed E-state index contributed by atoms with van der Waals surface area (Å²) in [5, 5.41) is 0. The standard InChI is InChI=1S/C4H6O5S.Na.H/c1-2-4(5)9-3-10(6,7)8;;/h2H,1,3H2,(H,6,7,8);;. The molecule has 0 rings (SSSR count). The second-order valence-corrected chi connectivity index (χ2v) is 2.77. The molecule has 0 bridgehead atoms. The second kappa shape index (κ2) is 5.73. The van der Waals surface area contributed by atoms with Crippen molar-refractivity contribution in [1.82, 2.24) is 0 Å². The summed E-state index contributed by atoms with van der Waals surface area (Å²) in [6.07, 6.45) is 0.797. The zero-order chi connectivity index (χ0) is 8.20. The van der Waals surface area contributed by atoms with Gasteiger partial charge in [-0.05, 0) is 0 Å². The first-order valence-electron chi connectivity index (χ1n) is 2.20. The Morgan fingerprint density at radius 1 is 1.64 bits per heavy atom. The van der Waals surface area contributed by atoms with E-state index in [2.05, 4.69) is 11.3 Å². The van der Waals surface area contributed by atoms with Crippen LogP contribution < -0.4 is 0 Å². The number of carbonyl (C=O) groups excluding carboxylic acids is 1. The number of esters is 1. The summed E-state index contributed by atoms with van der Waals surface area (Å²) >= 11 is 0. The average molecular weight is 190 g/mol. The normalized spacial score (nSPS) is 9.55. The van der Waals surface area contributed by atoms with Crippen LogP contribution in [-0.4, -0.2) is 54.4 Å². The first kappa shape index (κ1) is 13.7. The van der Waals surface area contributed by atoms with Crippen LogP contribution in [0.1, 0.15) is 0 Å². The third-order valence-electron chi connectivity index (χ3n) is 0.517. The fourth-order valence-corrected chi connectivity index (χ4v) is 0.457. The molecule has 11 heavy (non-hydrogen) atoms. The summed E-state index contributed by atoms with van der Waals surface area (Å²) in [7, 11) is -4.22. The number of hydrogen-bond donors (Lipinski definition) is 1. The van der Waals surface area contributed by atoms with E-state index in [0.717, 1.165) is 6.08 Å². The minimum atomic E-state index is -4.22. The molecule has 60 valence electrons. The maximum atomic E-state index is 10.1. The van der Waals surface area contributed by atoms with Gasteiger partial charge in [-0.2, -0.15) is 8.42 Å². The molecule has 7 heteroatoms. The van der Waals surface area contributed by atoms with Crippen LogP contribution in [0, 0.1) is 0 Å². The molecule has 0 radical (unpaired) electrons. The molecule has 0 aliphatic rings. The number of ether oxygens (including phenoxy) is 1. The Bertz CT molecular complexity index is 231. The van der Waals surface area contributed by atoms with Crippen LogP contribution in [0.15, 0.2) is 12.7 Å². The van der Waals surface area contributed by atoms with Crippen LogP contribution in [0.5, 0.6) is 0 Å². The van der Waals surface area contributed by atoms with Crippen molar-refractivity contribution in [3.63, 3.8) is 0 Å². The van der Waals surface area contributed by atoms with Crippen molar-refractivity contribution in [3.8, 4) is 0 Å². The summed E-state index contributed by atoms with van der Waals surface area (Å²) in [5.74, 6) is -1.92. The van der Waals surface area contributed by atoms with Crippen LogP contribution in [0.25, 0.3) is 0 Å². The number of hydrogen-bond acceptors (Lipinski definition) is 4. The van der Waals surface area contributed by atoms with Crippen molar-refractivity contribution in [2.24, 2.45) is 0 Å². The van der Waals surface area contributed by atoms with Gasteiger partial charge in [0.15, 0.2) is 0 Å². The molecule has 0 spiro atoms. The van der Waals surface area contributed by atoms with Gasteiger partial charge in [0, 0.05) is 6.08 Å². The molecule has 0 fully saturated rings. The number of carbonyl (C=O) groups is 1. The third-order valence-corrected chi connectivity index (χ3v) is 0.932. The molecule has 0 aromatic carbocycles. The maximum absolute atomic E-state index is 10.1. The van der Waals surface area contributed by atoms with Crippen molar-refractivity contribution in [3.05, 3.63) is 12.7 Å². The zero-order valence-corrected chi connectivity index (χ0v) is 5.80. The van der Waals surface area contributed by atoms with E-state index in [4.69, 9.17) is 4.55 Å². The molecule has 0 aromatic rings. The molecule has 0 unspecified atom stereocenters. The van der Waals surface area contributed by atoms with E-state index in [0.29, 0.717) is 0 Å². The van der Waals surface area contributed by atoms with Crippen LogP contribution in [0.2, 0.25) is 0 Å². The van der Waals surface area contributed by atoms with E-state index in [1.54, 1.807) is 0 Å². The summed E-state index contributed by atoms with van der Waals surface area (Å²) in [6.45, 7) is 3.01. The van der Waals surface area contributed by atoms with Crippen LogP contribution in [0.3, 0.4) is 0 Å². The van der Waals surface area contributed by atoms with Crippen LogP contribution in [0.4, 0.5) is 0 Å². The van der Waals surface area contributed by atoms with Crippen LogP contribution >= 0.6 is 0 Å². The molecular formula is C4H7NaO5S. The summed E-state index contributed by atoms with van der Waals surface area (Å²) in [5.41, 5.74) is 0. The van der Waals surface area contributed by atoms with Gasteiger partial charge in [-0.15, -0.1) is 0 Å². The quantitative estimate of drug-likeness (QED) is 0.265. The average Bonchev–Trinajstić information content (AvgIpc) is 1.81. The van der Waals surface area contributed by atoms with Gasteiger partial charge in [0.1, 0.15) is 0 Å². The first-order chi connectivity index (χ1) is 4.45. The van der Waals surface area contributed by atoms with Gasteiger partial charge < -0.3 is 4.74 Å². The SMILES string of the molecule is C=CC(=O)OCS(=O)(=O)O.[NaH]. The molecule has 0 saturated heterocycles. The summed E-state index contributed by atoms with van der Waals surface area (Å²) in [6, 6.07) is 0. The van der Waals surface area contributed by atoms with Gasteiger partial charge >= 0.3 is 45.6 Å². The Morgan fingerprint density at radius 3 is 2.36 bits per heavy atom. The molecule has 0 saturated carbocycles. The Labute approximate surface area is 86.5 Å². The second-order valence-electron chi connectivity index (χ2n) is 1.37. The van der Waals surface area contributed by atoms with Crippen molar-refractivity contribution in [1.29, 1.82) is 0 Å². The summed E-state index contributed by atoms with van der Waals surface area (Å²) in [4.78, 5) is 10.1. The van der Waals surface area contributed by atoms with E-state index in [1.807, 2.05) is 0 Å². The van der Waals surface area contributed by atoms with Crippen LogP contribution in [-0.2, 0) is 19.6 Å². The predicted octanol–water partition coefficient (Wildman–Crippen LogP) is -1.09. The first-order valence-corrected chi connectivity index (χ1v) is 3.81. The fourth-order valence-electron chi connectivity index (χ4n) is 0.191. The topological polar surface area (TPSA) is 80.7 Å². The predicted molar refractivity (Wildman–Crippen MR) is 39.9 cm³/mol. The fraction of sp³-hybridized carbons (Fsp3) is 0.250. The van der Waals surface area contributed by atoms with Gasteiger partial charge in [0.25, 0.3) is 0 Å². The van der Waals surface area contributed by atoms with Gasteiger partial charge in [0.05, 0.1) is 0 Å². The Balaban J connectivity index is 0. The van der Waals surface area contributed by atoms with Gasteiger partial charge in [-0.25, -0.2) is 4.79 Å². The molecular weight excluding hydrogens is 183 g/mol. The van der Waals surface area contributed by atoms with E-state index in [1.165, 1.54) is 0 Å². The Kier molecular flexibility index (Phi) is 7.13. The molecule has 0 aliphatic heterocycles. The van der Waals surface area contributed by atoms with E-state index >= 15 is 0 Å². The molecule has 0 atom stereocenters. The van der Waals surface area contributed by atoms with Gasteiger partial charge in [-0.1, -0.05) is 6.58 Å². The molecule has 0 heterocycles. The Morgan fingerprint density at radius 2 is 2.09 bits per heavy atom. The summed E-state index contributed by atoms with van der Waals surface area (Å²) < 4.78 is 31.8. The minimum absolute atomic E-state index is 0. The molecule has 1 N–H and O–H groups in total. The number of rotatable bonds is 3. The van der Waals surface area contributed by atoms with Gasteiger partial charge in [-0.3, -0.25) is 4.55 Å². The van der Waals surface area contributed by atoms with E-state index in [9.17, 15) is 13.2 Å². The molecule has 0 amide bonds. The van der Waals surface area contributed by atoms with Crippen molar-refractivity contribution < 1.29 is 22.5 Å². The van der Waals surface area contributed by atoms with E-state index in [-0.39, 0.29) is 29.6 Å². The van der Waals surface area contributed by atoms with E-state index < -0.39 is 22.0 Å². The van der Waals surface area contributed by atoms with Crippen molar-refractivity contribution >= 4 is 45.6 Å². The monoisotopic (exact) mass is 190 g/mol. The van der Waals surface area contributed by atoms with Crippen molar-refractivity contribution in [2.75, 3.05) is 5.94 Å².